The van der Waals surface area contributed by atoms with Gasteiger partial charge in [-0.1, -0.05) is 11.6 Å². The van der Waals surface area contributed by atoms with Gasteiger partial charge in [0.1, 0.15) is 5.82 Å². The second-order valence-electron chi connectivity index (χ2n) is 2.95. The third kappa shape index (κ3) is 3.62. The van der Waals surface area contributed by atoms with Crippen LogP contribution in [-0.2, 0) is 6.42 Å². The summed E-state index contributed by atoms with van der Waals surface area (Å²) in [5, 5.41) is -0.445. The zero-order chi connectivity index (χ0) is 11.6. The van der Waals surface area contributed by atoms with Crippen molar-refractivity contribution >= 4 is 11.6 Å². The number of hydrogen-bond donors (Lipinski definition) is 0. The lowest BCUT2D eigenvalue weighted by Crippen LogP contribution is -2.11. The van der Waals surface area contributed by atoms with Crippen LogP contribution in [0.3, 0.4) is 0 Å². The molecule has 0 bridgehead atoms. The standard InChI is InChI=1S/C8H7ClF4N2/c1-4-6(10)7(9)15-5(14-4)2-3-8(11,12)13/h2-3H2,1H3. The highest BCUT2D eigenvalue weighted by Crippen LogP contribution is 2.22. The Bertz CT molecular complexity index is 341. The van der Waals surface area contributed by atoms with Crippen LogP contribution in [0.25, 0.3) is 0 Å². The predicted octanol–water partition coefficient (Wildman–Crippen LogP) is 3.07. The number of halogens is 5. The van der Waals surface area contributed by atoms with Gasteiger partial charge < -0.3 is 0 Å². The van der Waals surface area contributed by atoms with E-state index in [1.807, 2.05) is 0 Å². The third-order valence-corrected chi connectivity index (χ3v) is 1.91. The molecule has 0 saturated heterocycles. The Morgan fingerprint density at radius 1 is 1.27 bits per heavy atom. The normalized spacial score (nSPS) is 11.9. The van der Waals surface area contributed by atoms with Gasteiger partial charge >= 0.3 is 6.18 Å². The first-order valence-corrected chi connectivity index (χ1v) is 4.42. The highest BCUT2D eigenvalue weighted by atomic mass is 35.5. The molecule has 7 heteroatoms. The Balaban J connectivity index is 2.80. The average Bonchev–Trinajstić information content (AvgIpc) is 2.09. The maximum Gasteiger partial charge on any atom is 0.389 e. The first-order chi connectivity index (χ1) is 6.79. The van der Waals surface area contributed by atoms with Gasteiger partial charge in [0.25, 0.3) is 0 Å². The molecule has 0 aromatic carbocycles. The number of aromatic nitrogens is 2. The van der Waals surface area contributed by atoms with E-state index in [9.17, 15) is 17.6 Å². The molecule has 0 aliphatic heterocycles. The topological polar surface area (TPSA) is 25.8 Å². The molecular weight excluding hydrogens is 236 g/mol. The zero-order valence-electron chi connectivity index (χ0n) is 7.70. The Labute approximate surface area is 88.3 Å². The van der Waals surface area contributed by atoms with Gasteiger partial charge in [0.2, 0.25) is 0 Å². The fraction of sp³-hybridized carbons (Fsp3) is 0.500. The van der Waals surface area contributed by atoms with Gasteiger partial charge in [0.05, 0.1) is 12.1 Å². The Morgan fingerprint density at radius 2 is 1.87 bits per heavy atom. The molecule has 0 spiro atoms. The highest BCUT2D eigenvalue weighted by molar-refractivity contribution is 6.29. The van der Waals surface area contributed by atoms with Gasteiger partial charge in [0.15, 0.2) is 11.0 Å². The quantitative estimate of drug-likeness (QED) is 0.588. The van der Waals surface area contributed by atoms with Gasteiger partial charge in [-0.15, -0.1) is 0 Å². The van der Waals surface area contributed by atoms with Crippen LogP contribution in [0, 0.1) is 12.7 Å². The van der Waals surface area contributed by atoms with E-state index in [1.165, 1.54) is 6.92 Å². The Kier molecular flexibility index (Phi) is 3.49. The van der Waals surface area contributed by atoms with E-state index in [0.29, 0.717) is 0 Å². The molecule has 0 N–H and O–H groups in total. The molecule has 0 aliphatic carbocycles. The summed E-state index contributed by atoms with van der Waals surface area (Å²) in [6, 6.07) is 0. The maximum absolute atomic E-state index is 12.9. The average molecular weight is 243 g/mol. The number of nitrogens with zero attached hydrogens (tertiary/aromatic N) is 2. The van der Waals surface area contributed by atoms with Crippen LogP contribution in [0.4, 0.5) is 17.6 Å². The summed E-state index contributed by atoms with van der Waals surface area (Å²) in [4.78, 5) is 6.98. The van der Waals surface area contributed by atoms with E-state index < -0.39 is 30.0 Å². The van der Waals surface area contributed by atoms with E-state index in [2.05, 4.69) is 9.97 Å². The number of aryl methyl sites for hydroxylation is 2. The molecule has 1 aromatic heterocycles. The lowest BCUT2D eigenvalue weighted by atomic mass is 10.3. The van der Waals surface area contributed by atoms with Crippen molar-refractivity contribution in [3.8, 4) is 0 Å². The SMILES string of the molecule is Cc1nc(CCC(F)(F)F)nc(Cl)c1F. The van der Waals surface area contributed by atoms with Crippen LogP contribution in [0.2, 0.25) is 5.15 Å². The third-order valence-electron chi connectivity index (χ3n) is 1.65. The van der Waals surface area contributed by atoms with Crippen molar-refractivity contribution < 1.29 is 17.6 Å². The van der Waals surface area contributed by atoms with Crippen molar-refractivity contribution in [1.29, 1.82) is 0 Å². The minimum atomic E-state index is -4.28. The fourth-order valence-corrected chi connectivity index (χ4v) is 1.18. The number of hydrogen-bond acceptors (Lipinski definition) is 2. The predicted molar refractivity (Wildman–Crippen MR) is 46.1 cm³/mol. The van der Waals surface area contributed by atoms with Gasteiger partial charge in [-0.3, -0.25) is 0 Å². The molecule has 15 heavy (non-hydrogen) atoms. The molecule has 0 atom stereocenters. The Hall–Kier alpha value is -0.910. The van der Waals surface area contributed by atoms with Crippen LogP contribution in [-0.4, -0.2) is 16.1 Å². The van der Waals surface area contributed by atoms with Crippen molar-refractivity contribution in [3.05, 3.63) is 22.5 Å². The van der Waals surface area contributed by atoms with Crippen LogP contribution in [0.1, 0.15) is 17.9 Å². The van der Waals surface area contributed by atoms with E-state index in [4.69, 9.17) is 11.6 Å². The lowest BCUT2D eigenvalue weighted by molar-refractivity contribution is -0.134. The molecule has 1 heterocycles. The van der Waals surface area contributed by atoms with Crippen molar-refractivity contribution in [2.24, 2.45) is 0 Å². The summed E-state index contributed by atoms with van der Waals surface area (Å²) < 4.78 is 48.5. The maximum atomic E-state index is 12.9. The molecule has 84 valence electrons. The molecule has 1 rings (SSSR count). The molecule has 0 fully saturated rings. The summed E-state index contributed by atoms with van der Waals surface area (Å²) >= 11 is 5.36. The molecule has 2 nitrogen and oxygen atoms in total. The summed E-state index contributed by atoms with van der Waals surface area (Å²) in [6.07, 6.45) is -5.73. The number of rotatable bonds is 2. The molecule has 0 amide bonds. The van der Waals surface area contributed by atoms with E-state index in [0.717, 1.165) is 0 Å². The van der Waals surface area contributed by atoms with Crippen molar-refractivity contribution in [2.45, 2.75) is 25.9 Å². The lowest BCUT2D eigenvalue weighted by Gasteiger charge is -2.06. The van der Waals surface area contributed by atoms with Gasteiger partial charge in [-0.25, -0.2) is 14.4 Å². The molecule has 0 aliphatic rings. The van der Waals surface area contributed by atoms with Gasteiger partial charge in [-0.2, -0.15) is 13.2 Å². The van der Waals surface area contributed by atoms with Crippen LogP contribution in [0.15, 0.2) is 0 Å². The Morgan fingerprint density at radius 3 is 2.33 bits per heavy atom. The zero-order valence-corrected chi connectivity index (χ0v) is 8.45. The fourth-order valence-electron chi connectivity index (χ4n) is 0.945. The number of alkyl halides is 3. The van der Waals surface area contributed by atoms with Crippen LogP contribution < -0.4 is 0 Å². The van der Waals surface area contributed by atoms with E-state index in [-0.39, 0.29) is 11.5 Å². The minimum absolute atomic E-state index is 0.0489. The summed E-state index contributed by atoms with van der Waals surface area (Å²) in [5.41, 5.74) is -0.0489. The molecular formula is C8H7ClF4N2. The second kappa shape index (κ2) is 4.30. The van der Waals surface area contributed by atoms with Crippen molar-refractivity contribution in [1.82, 2.24) is 9.97 Å². The molecule has 0 unspecified atom stereocenters. The highest BCUT2D eigenvalue weighted by Gasteiger charge is 2.27. The second-order valence-corrected chi connectivity index (χ2v) is 3.30. The molecule has 0 radical (unpaired) electrons. The summed E-state index contributed by atoms with van der Waals surface area (Å²) in [5.74, 6) is -0.899. The summed E-state index contributed by atoms with van der Waals surface area (Å²) in [7, 11) is 0. The van der Waals surface area contributed by atoms with E-state index in [1.54, 1.807) is 0 Å². The van der Waals surface area contributed by atoms with Gasteiger partial charge in [0, 0.05) is 6.42 Å². The van der Waals surface area contributed by atoms with Crippen molar-refractivity contribution in [3.63, 3.8) is 0 Å². The smallest absolute Gasteiger partial charge is 0.235 e. The molecule has 0 saturated carbocycles. The largest absolute Gasteiger partial charge is 0.389 e. The van der Waals surface area contributed by atoms with Crippen molar-refractivity contribution in [2.75, 3.05) is 0 Å². The molecule has 1 aromatic rings. The minimum Gasteiger partial charge on any atom is -0.235 e. The monoisotopic (exact) mass is 242 g/mol. The van der Waals surface area contributed by atoms with E-state index >= 15 is 0 Å². The van der Waals surface area contributed by atoms with Crippen LogP contribution >= 0.6 is 11.6 Å². The first kappa shape index (κ1) is 12.2. The summed E-state index contributed by atoms with van der Waals surface area (Å²) in [6.45, 7) is 1.32. The first-order valence-electron chi connectivity index (χ1n) is 4.05. The van der Waals surface area contributed by atoms with Gasteiger partial charge in [-0.05, 0) is 6.92 Å². The van der Waals surface area contributed by atoms with Crippen LogP contribution in [0.5, 0.6) is 0 Å².